The number of hydrogen-bond donors (Lipinski definition) is 0. The van der Waals surface area contributed by atoms with Crippen molar-refractivity contribution in [2.75, 3.05) is 19.9 Å². The van der Waals surface area contributed by atoms with Crippen LogP contribution in [0.1, 0.15) is 18.5 Å². The van der Waals surface area contributed by atoms with Crippen molar-refractivity contribution in [2.24, 2.45) is 0 Å². The van der Waals surface area contributed by atoms with Gasteiger partial charge < -0.3 is 9.64 Å². The second kappa shape index (κ2) is 8.15. The fraction of sp³-hybridized carbons (Fsp3) is 0.278. The van der Waals surface area contributed by atoms with Gasteiger partial charge in [0.05, 0.1) is 18.9 Å². The molecule has 0 aliphatic carbocycles. The first kappa shape index (κ1) is 18.3. The van der Waals surface area contributed by atoms with Gasteiger partial charge in [-0.1, -0.05) is 6.07 Å². The fourth-order valence-electron chi connectivity index (χ4n) is 2.13. The van der Waals surface area contributed by atoms with Crippen molar-refractivity contribution < 1.29 is 18.3 Å². The molecular formula is C18H19F2NO2S. The van der Waals surface area contributed by atoms with Crippen LogP contribution in [-0.4, -0.2) is 30.7 Å². The molecule has 1 unspecified atom stereocenters. The molecule has 0 bridgehead atoms. The molecule has 0 heterocycles. The van der Waals surface area contributed by atoms with Crippen LogP contribution < -0.4 is 4.74 Å². The molecule has 0 saturated heterocycles. The van der Waals surface area contributed by atoms with E-state index in [2.05, 4.69) is 0 Å². The topological polar surface area (TPSA) is 29.5 Å². The Labute approximate surface area is 144 Å². The molecule has 0 fully saturated rings. The molecule has 2 rings (SSSR count). The summed E-state index contributed by atoms with van der Waals surface area (Å²) in [5, 5.41) is 0. The van der Waals surface area contributed by atoms with E-state index in [-0.39, 0.29) is 17.7 Å². The third-order valence-corrected chi connectivity index (χ3v) is 4.82. The first-order valence-corrected chi connectivity index (χ1v) is 8.38. The summed E-state index contributed by atoms with van der Waals surface area (Å²) in [6.07, 6.45) is 0. The van der Waals surface area contributed by atoms with Crippen LogP contribution in [0.5, 0.6) is 5.75 Å². The van der Waals surface area contributed by atoms with Crippen LogP contribution in [0.25, 0.3) is 0 Å². The molecular weight excluding hydrogens is 332 g/mol. The highest BCUT2D eigenvalue weighted by atomic mass is 32.2. The number of hydrogen-bond acceptors (Lipinski definition) is 3. The summed E-state index contributed by atoms with van der Waals surface area (Å²) in [6.45, 7) is 1.78. The molecule has 3 nitrogen and oxygen atoms in total. The van der Waals surface area contributed by atoms with Gasteiger partial charge in [-0.25, -0.2) is 8.78 Å². The van der Waals surface area contributed by atoms with E-state index >= 15 is 0 Å². The summed E-state index contributed by atoms with van der Waals surface area (Å²) in [7, 11) is 3.25. The van der Waals surface area contributed by atoms with Crippen molar-refractivity contribution in [3.8, 4) is 5.75 Å². The average molecular weight is 351 g/mol. The summed E-state index contributed by atoms with van der Waals surface area (Å²) >= 11 is 1.41. The van der Waals surface area contributed by atoms with Gasteiger partial charge in [0.25, 0.3) is 0 Å². The number of halogens is 2. The molecule has 0 N–H and O–H groups in total. The third kappa shape index (κ3) is 4.47. The highest BCUT2D eigenvalue weighted by molar-refractivity contribution is 8.00. The lowest BCUT2D eigenvalue weighted by molar-refractivity contribution is -0.128. The molecule has 6 heteroatoms. The second-order valence-electron chi connectivity index (χ2n) is 5.32. The van der Waals surface area contributed by atoms with Gasteiger partial charge in [-0.05, 0) is 48.9 Å². The number of thioether (sulfide) groups is 1. The summed E-state index contributed by atoms with van der Waals surface area (Å²) in [4.78, 5) is 14.8. The minimum atomic E-state index is -0.909. The number of carbonyl (C=O) groups is 1. The quantitative estimate of drug-likeness (QED) is 0.728. The minimum absolute atomic E-state index is 0.0898. The Morgan fingerprint density at radius 2 is 1.83 bits per heavy atom. The Kier molecular flexibility index (Phi) is 6.20. The molecule has 1 atom stereocenters. The Bertz CT molecular complexity index is 707. The van der Waals surface area contributed by atoms with Crippen molar-refractivity contribution in [2.45, 2.75) is 17.9 Å². The van der Waals surface area contributed by atoms with E-state index in [1.54, 1.807) is 21.1 Å². The predicted octanol–water partition coefficient (Wildman–Crippen LogP) is 4.29. The Balaban J connectivity index is 1.96. The molecule has 0 aliphatic heterocycles. The van der Waals surface area contributed by atoms with Gasteiger partial charge in [0.15, 0.2) is 11.6 Å². The predicted molar refractivity (Wildman–Crippen MR) is 91.3 cm³/mol. The molecule has 1 amide bonds. The van der Waals surface area contributed by atoms with Gasteiger partial charge in [-0.15, -0.1) is 11.8 Å². The van der Waals surface area contributed by atoms with Crippen LogP contribution in [0.2, 0.25) is 0 Å². The number of ether oxygens (including phenoxy) is 1. The maximum absolute atomic E-state index is 13.3. The van der Waals surface area contributed by atoms with Crippen molar-refractivity contribution in [1.29, 1.82) is 0 Å². The summed E-state index contributed by atoms with van der Waals surface area (Å²) in [5.74, 6) is -0.873. The Morgan fingerprint density at radius 3 is 2.42 bits per heavy atom. The fourth-order valence-corrected chi connectivity index (χ4v) is 2.95. The zero-order valence-corrected chi connectivity index (χ0v) is 14.6. The first-order valence-electron chi connectivity index (χ1n) is 7.40. The molecule has 0 spiro atoms. The normalized spacial score (nSPS) is 11.9. The van der Waals surface area contributed by atoms with E-state index in [1.165, 1.54) is 22.7 Å². The number of carbonyl (C=O) groups excluding carboxylic acids is 1. The highest BCUT2D eigenvalue weighted by Crippen LogP contribution is 2.24. The zero-order valence-electron chi connectivity index (χ0n) is 13.8. The van der Waals surface area contributed by atoms with E-state index in [9.17, 15) is 13.6 Å². The van der Waals surface area contributed by atoms with Crippen molar-refractivity contribution >= 4 is 17.7 Å². The van der Waals surface area contributed by atoms with E-state index < -0.39 is 11.6 Å². The monoisotopic (exact) mass is 351 g/mol. The van der Waals surface area contributed by atoms with E-state index in [0.717, 1.165) is 22.8 Å². The first-order chi connectivity index (χ1) is 11.4. The Morgan fingerprint density at radius 1 is 1.17 bits per heavy atom. The lowest BCUT2D eigenvalue weighted by atomic mass is 10.1. The molecule has 24 heavy (non-hydrogen) atoms. The molecule has 0 aromatic heterocycles. The van der Waals surface area contributed by atoms with Crippen LogP contribution in [-0.2, 0) is 4.79 Å². The SMILES string of the molecule is COc1ccc(SCC(=O)N(C)C(C)c2ccc(F)c(F)c2)cc1. The maximum atomic E-state index is 13.3. The van der Waals surface area contributed by atoms with Crippen LogP contribution in [0, 0.1) is 11.6 Å². The van der Waals surface area contributed by atoms with Gasteiger partial charge in [0.2, 0.25) is 5.91 Å². The molecule has 128 valence electrons. The van der Waals surface area contributed by atoms with Crippen molar-refractivity contribution in [3.05, 3.63) is 59.7 Å². The van der Waals surface area contributed by atoms with Gasteiger partial charge >= 0.3 is 0 Å². The largest absolute Gasteiger partial charge is 0.497 e. The van der Waals surface area contributed by atoms with Gasteiger partial charge in [-0.3, -0.25) is 4.79 Å². The van der Waals surface area contributed by atoms with E-state index in [1.807, 2.05) is 24.3 Å². The van der Waals surface area contributed by atoms with Crippen LogP contribution >= 0.6 is 11.8 Å². The molecule has 2 aromatic rings. The van der Waals surface area contributed by atoms with E-state index in [0.29, 0.717) is 5.56 Å². The van der Waals surface area contributed by atoms with Crippen LogP contribution in [0.15, 0.2) is 47.4 Å². The number of benzene rings is 2. The van der Waals surface area contributed by atoms with Crippen LogP contribution in [0.3, 0.4) is 0 Å². The second-order valence-corrected chi connectivity index (χ2v) is 6.37. The molecule has 0 radical (unpaired) electrons. The van der Waals surface area contributed by atoms with Crippen LogP contribution in [0.4, 0.5) is 8.78 Å². The van der Waals surface area contributed by atoms with Gasteiger partial charge in [-0.2, -0.15) is 0 Å². The molecule has 2 aromatic carbocycles. The number of nitrogens with zero attached hydrogens (tertiary/aromatic N) is 1. The Hall–Kier alpha value is -2.08. The standard InChI is InChI=1S/C18H19F2NO2S/c1-12(13-4-9-16(19)17(20)10-13)21(2)18(22)11-24-15-7-5-14(23-3)6-8-15/h4-10,12H,11H2,1-3H3. The smallest absolute Gasteiger partial charge is 0.233 e. The van der Waals surface area contributed by atoms with E-state index in [4.69, 9.17) is 4.74 Å². The number of amides is 1. The lowest BCUT2D eigenvalue weighted by Gasteiger charge is -2.25. The molecule has 0 aliphatic rings. The highest BCUT2D eigenvalue weighted by Gasteiger charge is 2.18. The zero-order chi connectivity index (χ0) is 17.7. The summed E-state index contributed by atoms with van der Waals surface area (Å²) in [5.41, 5.74) is 0.555. The van der Waals surface area contributed by atoms with Gasteiger partial charge in [0, 0.05) is 11.9 Å². The van der Waals surface area contributed by atoms with Crippen molar-refractivity contribution in [1.82, 2.24) is 4.90 Å². The summed E-state index contributed by atoms with van der Waals surface area (Å²) in [6, 6.07) is 10.8. The van der Waals surface area contributed by atoms with Gasteiger partial charge in [0.1, 0.15) is 5.75 Å². The minimum Gasteiger partial charge on any atom is -0.497 e. The van der Waals surface area contributed by atoms with Crippen molar-refractivity contribution in [3.63, 3.8) is 0 Å². The number of methoxy groups -OCH3 is 1. The summed E-state index contributed by atoms with van der Waals surface area (Å²) < 4.78 is 31.4. The molecule has 0 saturated carbocycles. The third-order valence-electron chi connectivity index (χ3n) is 3.82. The maximum Gasteiger partial charge on any atom is 0.233 e. The lowest BCUT2D eigenvalue weighted by Crippen LogP contribution is -2.31. The number of rotatable bonds is 6. The average Bonchev–Trinajstić information content (AvgIpc) is 2.61.